The second-order valence-corrected chi connectivity index (χ2v) is 10.3. The van der Waals surface area contributed by atoms with Crippen LogP contribution in [-0.4, -0.2) is 39.0 Å². The number of carbonyl (C=O) groups is 1. The number of alkyl halides is 6. The number of hydrogen-bond donors (Lipinski definition) is 1. The molecule has 35 heavy (non-hydrogen) atoms. The van der Waals surface area contributed by atoms with Gasteiger partial charge in [-0.1, -0.05) is 24.3 Å². The summed E-state index contributed by atoms with van der Waals surface area (Å²) in [6, 6.07) is 8.81. The van der Waals surface area contributed by atoms with Crippen LogP contribution < -0.4 is 5.32 Å². The van der Waals surface area contributed by atoms with E-state index < -0.39 is 45.9 Å². The van der Waals surface area contributed by atoms with E-state index in [1.54, 1.807) is 0 Å². The lowest BCUT2D eigenvalue weighted by Gasteiger charge is -2.37. The van der Waals surface area contributed by atoms with Crippen LogP contribution >= 0.6 is 0 Å². The van der Waals surface area contributed by atoms with E-state index in [1.807, 2.05) is 0 Å². The van der Waals surface area contributed by atoms with Crippen molar-refractivity contribution in [3.8, 4) is 0 Å². The van der Waals surface area contributed by atoms with E-state index in [0.29, 0.717) is 17.7 Å². The number of amides is 1. The molecule has 1 amide bonds. The number of carbonyl (C=O) groups excluding carboxylic acids is 1. The summed E-state index contributed by atoms with van der Waals surface area (Å²) < 4.78 is 110. The Balaban J connectivity index is 1.70. The summed E-state index contributed by atoms with van der Waals surface area (Å²) in [5.41, 5.74) is -5.20. The summed E-state index contributed by atoms with van der Waals surface area (Å²) in [6.07, 6.45) is -9.96. The molecule has 0 unspecified atom stereocenters. The lowest BCUT2D eigenvalue weighted by Crippen LogP contribution is -2.56. The Hall–Kier alpha value is -2.60. The summed E-state index contributed by atoms with van der Waals surface area (Å²) in [4.78, 5) is 12.5. The Bertz CT molecular complexity index is 1120. The molecule has 2 aromatic rings. The van der Waals surface area contributed by atoms with Crippen molar-refractivity contribution in [2.75, 3.05) is 17.7 Å². The second-order valence-electron chi connectivity index (χ2n) is 8.28. The molecular formula is C23H23F6NO4S. The van der Waals surface area contributed by atoms with Crippen molar-refractivity contribution in [1.82, 2.24) is 0 Å². The first-order chi connectivity index (χ1) is 16.2. The van der Waals surface area contributed by atoms with E-state index in [0.717, 1.165) is 31.9 Å². The van der Waals surface area contributed by atoms with Gasteiger partial charge in [0.2, 0.25) is 5.91 Å². The molecule has 0 heterocycles. The first-order valence-electron chi connectivity index (χ1n) is 10.7. The molecule has 0 atom stereocenters. The molecule has 5 nitrogen and oxygen atoms in total. The summed E-state index contributed by atoms with van der Waals surface area (Å²) in [6.45, 7) is 0.189. The molecule has 0 aliphatic heterocycles. The van der Waals surface area contributed by atoms with Crippen LogP contribution in [0.25, 0.3) is 0 Å². The molecule has 0 spiro atoms. The zero-order chi connectivity index (χ0) is 26.1. The standard InChI is InChI=1S/C23H23F6NO4S/c1-2-34-21(22(24,25)26,23(27,28)29)17-7-9-18(10-8-17)30-20(31)13-15-5-11-19(12-6-15)35(32,33)14-16-3-4-16/h5-12,16H,2-4,13-14H2,1H3,(H,30,31). The van der Waals surface area contributed by atoms with Crippen LogP contribution in [0.5, 0.6) is 0 Å². The van der Waals surface area contributed by atoms with Gasteiger partial charge in [0, 0.05) is 17.9 Å². The molecule has 3 rings (SSSR count). The van der Waals surface area contributed by atoms with Crippen molar-refractivity contribution in [3.05, 3.63) is 59.7 Å². The smallest absolute Gasteiger partial charge is 0.354 e. The van der Waals surface area contributed by atoms with Crippen molar-refractivity contribution < 1.29 is 44.3 Å². The lowest BCUT2D eigenvalue weighted by atomic mass is 9.91. The predicted molar refractivity (Wildman–Crippen MR) is 115 cm³/mol. The highest BCUT2D eigenvalue weighted by Crippen LogP contribution is 2.53. The Morgan fingerprint density at radius 1 is 0.943 bits per heavy atom. The van der Waals surface area contributed by atoms with Gasteiger partial charge in [-0.05, 0) is 55.5 Å². The van der Waals surface area contributed by atoms with Crippen molar-refractivity contribution in [2.45, 2.75) is 49.0 Å². The van der Waals surface area contributed by atoms with Crippen molar-refractivity contribution in [3.63, 3.8) is 0 Å². The van der Waals surface area contributed by atoms with Crippen molar-refractivity contribution >= 4 is 21.4 Å². The van der Waals surface area contributed by atoms with E-state index in [4.69, 9.17) is 0 Å². The van der Waals surface area contributed by atoms with E-state index in [2.05, 4.69) is 10.1 Å². The zero-order valence-electron chi connectivity index (χ0n) is 18.5. The topological polar surface area (TPSA) is 72.5 Å². The van der Waals surface area contributed by atoms with Gasteiger partial charge in [-0.2, -0.15) is 26.3 Å². The molecule has 2 aromatic carbocycles. The number of anilines is 1. The molecular weight excluding hydrogens is 500 g/mol. The van der Waals surface area contributed by atoms with Crippen LogP contribution in [0.3, 0.4) is 0 Å². The third-order valence-corrected chi connectivity index (χ3v) is 7.43. The summed E-state index contributed by atoms with van der Waals surface area (Å²) in [5, 5.41) is 2.40. The maximum Gasteiger partial charge on any atom is 0.430 e. The monoisotopic (exact) mass is 523 g/mol. The molecule has 1 N–H and O–H groups in total. The summed E-state index contributed by atoms with van der Waals surface area (Å²) >= 11 is 0. The number of benzene rings is 2. The van der Waals surface area contributed by atoms with Crippen LogP contribution in [0, 0.1) is 5.92 Å². The molecule has 0 bridgehead atoms. The SMILES string of the molecule is CCOC(c1ccc(NC(=O)Cc2ccc(S(=O)(=O)CC3CC3)cc2)cc1)(C(F)(F)F)C(F)(F)F. The first kappa shape index (κ1) is 27.0. The van der Waals surface area contributed by atoms with Crippen molar-refractivity contribution in [1.29, 1.82) is 0 Å². The molecule has 0 aromatic heterocycles. The van der Waals surface area contributed by atoms with Crippen LogP contribution in [0.1, 0.15) is 30.9 Å². The molecule has 1 aliphatic carbocycles. The molecule has 12 heteroatoms. The molecule has 1 aliphatic rings. The fourth-order valence-electron chi connectivity index (χ4n) is 3.64. The van der Waals surface area contributed by atoms with Gasteiger partial charge in [-0.3, -0.25) is 4.79 Å². The average molecular weight is 523 g/mol. The van der Waals surface area contributed by atoms with Gasteiger partial charge in [0.05, 0.1) is 17.1 Å². The number of ether oxygens (including phenoxy) is 1. The van der Waals surface area contributed by atoms with Crippen molar-refractivity contribution in [2.24, 2.45) is 5.92 Å². The molecule has 192 valence electrons. The van der Waals surface area contributed by atoms with E-state index >= 15 is 0 Å². The van der Waals surface area contributed by atoms with Gasteiger partial charge >= 0.3 is 12.4 Å². The maximum atomic E-state index is 13.5. The van der Waals surface area contributed by atoms with Gasteiger partial charge in [0.25, 0.3) is 5.60 Å². The average Bonchev–Trinajstić information content (AvgIpc) is 3.54. The number of sulfone groups is 1. The van der Waals surface area contributed by atoms with E-state index in [9.17, 15) is 39.6 Å². The van der Waals surface area contributed by atoms with Gasteiger partial charge in [0.15, 0.2) is 9.84 Å². The highest BCUT2D eigenvalue weighted by atomic mass is 32.2. The molecule has 1 saturated carbocycles. The third-order valence-electron chi connectivity index (χ3n) is 5.53. The highest BCUT2D eigenvalue weighted by Gasteiger charge is 2.73. The van der Waals surface area contributed by atoms with Gasteiger partial charge < -0.3 is 10.1 Å². The zero-order valence-corrected chi connectivity index (χ0v) is 19.4. The van der Waals surface area contributed by atoms with Crippen LogP contribution in [0.4, 0.5) is 32.0 Å². The Morgan fingerprint density at radius 2 is 1.49 bits per heavy atom. The minimum absolute atomic E-state index is 0.0165. The van der Waals surface area contributed by atoms with Crippen LogP contribution in [0.2, 0.25) is 0 Å². The lowest BCUT2D eigenvalue weighted by molar-refractivity contribution is -0.388. The van der Waals surface area contributed by atoms with Gasteiger partial charge in [0.1, 0.15) is 0 Å². The minimum atomic E-state index is -5.77. The fraction of sp³-hybridized carbons (Fsp3) is 0.435. The number of nitrogens with one attached hydrogen (secondary N) is 1. The van der Waals surface area contributed by atoms with Gasteiger partial charge in [-0.25, -0.2) is 8.42 Å². The molecule has 1 fully saturated rings. The van der Waals surface area contributed by atoms with Crippen LogP contribution in [0.15, 0.2) is 53.4 Å². The number of halogens is 6. The first-order valence-corrected chi connectivity index (χ1v) is 12.3. The minimum Gasteiger partial charge on any atom is -0.354 e. The molecule has 0 radical (unpaired) electrons. The molecule has 0 saturated heterocycles. The Labute approximate surface area is 198 Å². The highest BCUT2D eigenvalue weighted by molar-refractivity contribution is 7.91. The Kier molecular flexibility index (Phi) is 7.56. The normalized spacial score (nSPS) is 15.2. The summed E-state index contributed by atoms with van der Waals surface area (Å²) in [7, 11) is -3.40. The summed E-state index contributed by atoms with van der Waals surface area (Å²) in [5.74, 6) is -0.326. The van der Waals surface area contributed by atoms with E-state index in [-0.39, 0.29) is 28.7 Å². The predicted octanol–water partition coefficient (Wildman–Crippen LogP) is 5.41. The maximum absolute atomic E-state index is 13.5. The number of hydrogen-bond acceptors (Lipinski definition) is 4. The van der Waals surface area contributed by atoms with Crippen LogP contribution in [-0.2, 0) is 31.4 Å². The van der Waals surface area contributed by atoms with E-state index in [1.165, 1.54) is 24.3 Å². The second kappa shape index (κ2) is 9.81. The quantitative estimate of drug-likeness (QED) is 0.447. The fourth-order valence-corrected chi connectivity index (χ4v) is 5.33. The largest absolute Gasteiger partial charge is 0.430 e. The Morgan fingerprint density at radius 3 is 1.94 bits per heavy atom. The van der Waals surface area contributed by atoms with Gasteiger partial charge in [-0.15, -0.1) is 0 Å². The number of rotatable bonds is 9. The third kappa shape index (κ3) is 5.97.